The first-order valence-corrected chi connectivity index (χ1v) is 7.98. The van der Waals surface area contributed by atoms with Crippen LogP contribution in [0.4, 0.5) is 5.69 Å². The molecule has 0 N–H and O–H groups in total. The third-order valence-corrected chi connectivity index (χ3v) is 4.80. The Hall–Kier alpha value is -1.30. The van der Waals surface area contributed by atoms with Crippen LogP contribution in [-0.4, -0.2) is 32.3 Å². The molecule has 2 heterocycles. The monoisotopic (exact) mass is 284 g/mol. The van der Waals surface area contributed by atoms with Gasteiger partial charge in [-0.05, 0) is 11.8 Å². The highest BCUT2D eigenvalue weighted by Crippen LogP contribution is 2.33. The van der Waals surface area contributed by atoms with E-state index in [1.807, 2.05) is 20.8 Å². The summed E-state index contributed by atoms with van der Waals surface area (Å²) in [6, 6.07) is 1.70. The molecule has 0 aliphatic carbocycles. The van der Waals surface area contributed by atoms with Crippen molar-refractivity contribution < 1.29 is 13.2 Å². The standard InChI is InChI=1S/C13H20N2O3S/c1-13(2,3)5-9-19(16,17)15-7-8-18-12-4-6-14-10-11(12)15/h4,6,10H,5,7-9H2,1-3H3. The Kier molecular flexibility index (Phi) is 3.71. The van der Waals surface area contributed by atoms with Crippen molar-refractivity contribution >= 4 is 15.7 Å². The predicted octanol–water partition coefficient (Wildman–Crippen LogP) is 2.05. The molecule has 106 valence electrons. The number of rotatable bonds is 3. The maximum absolute atomic E-state index is 12.4. The van der Waals surface area contributed by atoms with Crippen LogP contribution in [0.5, 0.6) is 5.75 Å². The van der Waals surface area contributed by atoms with Gasteiger partial charge in [0.2, 0.25) is 10.0 Å². The van der Waals surface area contributed by atoms with Crippen molar-refractivity contribution in [3.05, 3.63) is 18.5 Å². The third kappa shape index (κ3) is 3.37. The first-order chi connectivity index (χ1) is 8.80. The van der Waals surface area contributed by atoms with Gasteiger partial charge in [-0.1, -0.05) is 20.8 Å². The van der Waals surface area contributed by atoms with Crippen LogP contribution >= 0.6 is 0 Å². The molecule has 1 aliphatic heterocycles. The lowest BCUT2D eigenvalue weighted by molar-refractivity contribution is 0.315. The van der Waals surface area contributed by atoms with Crippen LogP contribution in [0.1, 0.15) is 27.2 Å². The van der Waals surface area contributed by atoms with Gasteiger partial charge in [0.05, 0.1) is 18.5 Å². The first kappa shape index (κ1) is 14.1. The van der Waals surface area contributed by atoms with Crippen molar-refractivity contribution in [3.8, 4) is 5.75 Å². The average molecular weight is 284 g/mol. The van der Waals surface area contributed by atoms with Gasteiger partial charge in [-0.25, -0.2) is 8.42 Å². The fourth-order valence-corrected chi connectivity index (χ4v) is 3.76. The SMILES string of the molecule is CC(C)(C)CCS(=O)(=O)N1CCOc2ccncc21. The Bertz CT molecular complexity index is 549. The molecule has 0 fully saturated rings. The fraction of sp³-hybridized carbons (Fsp3) is 0.615. The fourth-order valence-electron chi connectivity index (χ4n) is 1.88. The Balaban J connectivity index is 2.23. The normalized spacial score (nSPS) is 15.8. The second kappa shape index (κ2) is 5.00. The second-order valence-electron chi connectivity index (χ2n) is 5.89. The van der Waals surface area contributed by atoms with Gasteiger partial charge in [0.1, 0.15) is 18.0 Å². The van der Waals surface area contributed by atoms with E-state index in [2.05, 4.69) is 4.98 Å². The smallest absolute Gasteiger partial charge is 0.235 e. The molecule has 0 atom stereocenters. The van der Waals surface area contributed by atoms with Gasteiger partial charge in [-0.2, -0.15) is 0 Å². The minimum Gasteiger partial charge on any atom is -0.489 e. The van der Waals surface area contributed by atoms with Crippen molar-refractivity contribution in [1.82, 2.24) is 4.98 Å². The summed E-state index contributed by atoms with van der Waals surface area (Å²) in [6.45, 7) is 6.85. The zero-order valence-electron chi connectivity index (χ0n) is 11.6. The molecule has 1 aromatic heterocycles. The Morgan fingerprint density at radius 2 is 2.16 bits per heavy atom. The van der Waals surface area contributed by atoms with E-state index in [0.717, 1.165) is 0 Å². The molecular weight excluding hydrogens is 264 g/mol. The molecule has 1 aliphatic rings. The number of sulfonamides is 1. The van der Waals surface area contributed by atoms with Crippen LogP contribution < -0.4 is 9.04 Å². The highest BCUT2D eigenvalue weighted by atomic mass is 32.2. The highest BCUT2D eigenvalue weighted by Gasteiger charge is 2.29. The number of fused-ring (bicyclic) bond motifs is 1. The van der Waals surface area contributed by atoms with Gasteiger partial charge >= 0.3 is 0 Å². The van der Waals surface area contributed by atoms with Crippen LogP contribution in [0.2, 0.25) is 0 Å². The Labute approximate surface area is 114 Å². The number of hydrogen-bond acceptors (Lipinski definition) is 4. The van der Waals surface area contributed by atoms with E-state index in [0.29, 0.717) is 31.0 Å². The minimum atomic E-state index is -3.32. The summed E-state index contributed by atoms with van der Waals surface area (Å²) < 4.78 is 31.7. The summed E-state index contributed by atoms with van der Waals surface area (Å²) in [5, 5.41) is 0. The largest absolute Gasteiger partial charge is 0.489 e. The molecule has 0 spiro atoms. The first-order valence-electron chi connectivity index (χ1n) is 6.37. The quantitative estimate of drug-likeness (QED) is 0.852. The Morgan fingerprint density at radius 1 is 1.42 bits per heavy atom. The van der Waals surface area contributed by atoms with Crippen LogP contribution in [0, 0.1) is 5.41 Å². The maximum Gasteiger partial charge on any atom is 0.235 e. The molecule has 5 nitrogen and oxygen atoms in total. The molecule has 0 radical (unpaired) electrons. The average Bonchev–Trinajstić information content (AvgIpc) is 2.35. The number of hydrogen-bond donors (Lipinski definition) is 0. The van der Waals surface area contributed by atoms with Crippen molar-refractivity contribution in [2.45, 2.75) is 27.2 Å². The number of pyridine rings is 1. The van der Waals surface area contributed by atoms with Gasteiger partial charge in [-0.15, -0.1) is 0 Å². The van der Waals surface area contributed by atoms with Gasteiger partial charge in [0.15, 0.2) is 0 Å². The van der Waals surface area contributed by atoms with Crippen LogP contribution in [0.25, 0.3) is 0 Å². The predicted molar refractivity (Wildman–Crippen MR) is 74.9 cm³/mol. The molecule has 0 bridgehead atoms. The molecule has 6 heteroatoms. The van der Waals surface area contributed by atoms with E-state index in [1.54, 1.807) is 18.5 Å². The minimum absolute atomic E-state index is 0.00285. The van der Waals surface area contributed by atoms with Gasteiger partial charge in [0.25, 0.3) is 0 Å². The molecule has 0 aromatic carbocycles. The van der Waals surface area contributed by atoms with Crippen LogP contribution in [-0.2, 0) is 10.0 Å². The molecule has 0 saturated heterocycles. The second-order valence-corrected chi connectivity index (χ2v) is 7.90. The highest BCUT2D eigenvalue weighted by molar-refractivity contribution is 7.92. The number of ether oxygens (including phenoxy) is 1. The molecule has 0 saturated carbocycles. The molecule has 2 rings (SSSR count). The van der Waals surface area contributed by atoms with E-state index in [1.165, 1.54) is 4.31 Å². The number of nitrogens with zero attached hydrogens (tertiary/aromatic N) is 2. The van der Waals surface area contributed by atoms with Crippen molar-refractivity contribution in [3.63, 3.8) is 0 Å². The van der Waals surface area contributed by atoms with Crippen molar-refractivity contribution in [2.24, 2.45) is 5.41 Å². The van der Waals surface area contributed by atoms with Gasteiger partial charge in [0, 0.05) is 12.3 Å². The summed E-state index contributed by atoms with van der Waals surface area (Å²) in [5.41, 5.74) is 0.541. The van der Waals surface area contributed by atoms with E-state index < -0.39 is 10.0 Å². The summed E-state index contributed by atoms with van der Waals surface area (Å²) in [6.07, 6.45) is 3.77. The van der Waals surface area contributed by atoms with Crippen molar-refractivity contribution in [1.29, 1.82) is 0 Å². The van der Waals surface area contributed by atoms with Crippen LogP contribution in [0.3, 0.4) is 0 Å². The van der Waals surface area contributed by atoms with Crippen LogP contribution in [0.15, 0.2) is 18.5 Å². The van der Waals surface area contributed by atoms with E-state index in [4.69, 9.17) is 4.74 Å². The topological polar surface area (TPSA) is 59.5 Å². The molecule has 19 heavy (non-hydrogen) atoms. The zero-order chi connectivity index (χ0) is 14.1. The lowest BCUT2D eigenvalue weighted by Gasteiger charge is -2.30. The van der Waals surface area contributed by atoms with Gasteiger partial charge in [-0.3, -0.25) is 9.29 Å². The number of anilines is 1. The van der Waals surface area contributed by atoms with E-state index >= 15 is 0 Å². The summed E-state index contributed by atoms with van der Waals surface area (Å²) >= 11 is 0. The van der Waals surface area contributed by atoms with E-state index in [-0.39, 0.29) is 11.2 Å². The lowest BCUT2D eigenvalue weighted by Crippen LogP contribution is -2.40. The summed E-state index contributed by atoms with van der Waals surface area (Å²) in [4.78, 5) is 3.98. The molecular formula is C13H20N2O3S. The summed E-state index contributed by atoms with van der Waals surface area (Å²) in [5.74, 6) is 0.728. The maximum atomic E-state index is 12.4. The third-order valence-electron chi connectivity index (χ3n) is 3.03. The number of aromatic nitrogens is 1. The molecule has 0 unspecified atom stereocenters. The molecule has 1 aromatic rings. The zero-order valence-corrected chi connectivity index (χ0v) is 12.4. The van der Waals surface area contributed by atoms with Crippen molar-refractivity contribution in [2.75, 3.05) is 23.2 Å². The lowest BCUT2D eigenvalue weighted by atomic mass is 9.94. The molecule has 0 amide bonds. The van der Waals surface area contributed by atoms with E-state index in [9.17, 15) is 8.42 Å². The Morgan fingerprint density at radius 3 is 2.84 bits per heavy atom. The summed E-state index contributed by atoms with van der Waals surface area (Å²) in [7, 11) is -3.32. The van der Waals surface area contributed by atoms with Gasteiger partial charge < -0.3 is 4.74 Å².